The van der Waals surface area contributed by atoms with E-state index < -0.39 is 11.4 Å². The van der Waals surface area contributed by atoms with Gasteiger partial charge in [-0.25, -0.2) is 0 Å². The molecule has 0 aromatic heterocycles. The summed E-state index contributed by atoms with van der Waals surface area (Å²) in [6.07, 6.45) is 2.65. The Morgan fingerprint density at radius 1 is 1.39 bits per heavy atom. The van der Waals surface area contributed by atoms with Gasteiger partial charge in [-0.05, 0) is 37.5 Å². The molecule has 0 spiro atoms. The molecule has 0 radical (unpaired) electrons. The Labute approximate surface area is 110 Å². The molecule has 0 bridgehead atoms. The number of nitrogens with one attached hydrogen (secondary N) is 1. The number of hydrogen-bond acceptors (Lipinski definition) is 4. The van der Waals surface area contributed by atoms with Gasteiger partial charge in [0.25, 0.3) is 0 Å². The number of benzene rings is 1. The van der Waals surface area contributed by atoms with Gasteiger partial charge in [0.15, 0.2) is 4.90 Å². The van der Waals surface area contributed by atoms with E-state index >= 15 is 0 Å². The summed E-state index contributed by atoms with van der Waals surface area (Å²) in [6.45, 7) is 1.77. The summed E-state index contributed by atoms with van der Waals surface area (Å²) in [6, 6.07) is 5.05. The van der Waals surface area contributed by atoms with Crippen LogP contribution in [-0.2, 0) is 16.2 Å². The first-order valence-electron chi connectivity index (χ1n) is 6.05. The van der Waals surface area contributed by atoms with Crippen molar-refractivity contribution in [1.82, 2.24) is 4.72 Å². The van der Waals surface area contributed by atoms with Crippen molar-refractivity contribution in [3.63, 3.8) is 0 Å². The molecule has 1 aliphatic carbocycles. The van der Waals surface area contributed by atoms with E-state index in [0.717, 1.165) is 12.8 Å². The third kappa shape index (κ3) is 3.25. The van der Waals surface area contributed by atoms with Crippen molar-refractivity contribution in [1.29, 1.82) is 0 Å². The zero-order valence-corrected chi connectivity index (χ0v) is 11.1. The first-order chi connectivity index (χ1) is 8.56. The first-order valence-corrected chi connectivity index (χ1v) is 7.20. The third-order valence-corrected chi connectivity index (χ3v) is 4.43. The summed E-state index contributed by atoms with van der Waals surface area (Å²) >= 11 is -1.28. The van der Waals surface area contributed by atoms with Crippen LogP contribution < -0.4 is 4.72 Å². The van der Waals surface area contributed by atoms with E-state index in [1.165, 1.54) is 0 Å². The van der Waals surface area contributed by atoms with Crippen molar-refractivity contribution in [2.24, 2.45) is 0 Å². The number of carbonyl (C=O) groups is 1. The molecule has 0 saturated heterocycles. The molecule has 1 aromatic rings. The van der Waals surface area contributed by atoms with Crippen LogP contribution in [0.2, 0.25) is 0 Å². The standard InChI is InChI=1S/C13H17NO3S/c1-9-8-12(6-7-13(9)16)18(17)14-10-2-4-11(15)5-3-10/h6-8,10,14,16H,2-5H2,1H3. The van der Waals surface area contributed by atoms with Crippen LogP contribution in [0.15, 0.2) is 23.1 Å². The molecular formula is C13H17NO3S. The lowest BCUT2D eigenvalue weighted by atomic mass is 9.95. The zero-order chi connectivity index (χ0) is 13.1. The van der Waals surface area contributed by atoms with E-state index in [-0.39, 0.29) is 11.8 Å². The molecule has 1 aromatic carbocycles. The van der Waals surface area contributed by atoms with Gasteiger partial charge in [0, 0.05) is 18.9 Å². The van der Waals surface area contributed by atoms with Crippen LogP contribution in [0.3, 0.4) is 0 Å². The predicted octanol–water partition coefficient (Wildman–Crippen LogP) is 1.82. The predicted molar refractivity (Wildman–Crippen MR) is 69.7 cm³/mol. The van der Waals surface area contributed by atoms with E-state index in [2.05, 4.69) is 4.72 Å². The van der Waals surface area contributed by atoms with Gasteiger partial charge >= 0.3 is 0 Å². The van der Waals surface area contributed by atoms with Gasteiger partial charge in [-0.2, -0.15) is 0 Å². The molecule has 2 rings (SSSR count). The lowest BCUT2D eigenvalue weighted by molar-refractivity contribution is -0.120. The van der Waals surface area contributed by atoms with Crippen LogP contribution in [0.5, 0.6) is 5.75 Å². The molecule has 18 heavy (non-hydrogen) atoms. The van der Waals surface area contributed by atoms with Gasteiger partial charge in [-0.1, -0.05) is 0 Å². The fourth-order valence-corrected chi connectivity index (χ4v) is 3.17. The maximum absolute atomic E-state index is 12.1. The number of rotatable bonds is 3. The van der Waals surface area contributed by atoms with Crippen LogP contribution >= 0.6 is 0 Å². The second-order valence-corrected chi connectivity index (χ2v) is 5.89. The van der Waals surface area contributed by atoms with Crippen molar-refractivity contribution in [2.45, 2.75) is 43.5 Å². The highest BCUT2D eigenvalue weighted by atomic mass is 32.2. The Morgan fingerprint density at radius 3 is 2.67 bits per heavy atom. The van der Waals surface area contributed by atoms with Crippen molar-refractivity contribution in [3.8, 4) is 5.75 Å². The van der Waals surface area contributed by atoms with Gasteiger partial charge in [-0.3, -0.25) is 4.79 Å². The highest BCUT2D eigenvalue weighted by Crippen LogP contribution is 2.22. The lowest BCUT2D eigenvalue weighted by Gasteiger charge is -2.22. The van der Waals surface area contributed by atoms with Crippen LogP contribution in [0.4, 0.5) is 0 Å². The summed E-state index contributed by atoms with van der Waals surface area (Å²) < 4.78 is 15.1. The molecule has 1 saturated carbocycles. The lowest BCUT2D eigenvalue weighted by Crippen LogP contribution is -2.37. The first kappa shape index (κ1) is 13.4. The zero-order valence-electron chi connectivity index (χ0n) is 10.3. The number of ketones is 1. The Hall–Kier alpha value is -1.04. The Morgan fingerprint density at radius 2 is 2.06 bits per heavy atom. The maximum Gasteiger partial charge on any atom is 0.174 e. The Balaban J connectivity index is 1.96. The summed E-state index contributed by atoms with van der Waals surface area (Å²) in [7, 11) is 0. The quantitative estimate of drug-likeness (QED) is 0.819. The average Bonchev–Trinajstić information content (AvgIpc) is 2.35. The second kappa shape index (κ2) is 5.73. The molecular weight excluding hydrogens is 250 g/mol. The van der Waals surface area contributed by atoms with Crippen LogP contribution in [0, 0.1) is 6.92 Å². The minimum atomic E-state index is -1.28. The Kier molecular flexibility index (Phi) is 4.27. The summed E-state index contributed by atoms with van der Waals surface area (Å²) in [4.78, 5) is 11.8. The number of carbonyl (C=O) groups excluding carboxylic acids is 1. The second-order valence-electron chi connectivity index (χ2n) is 4.65. The normalized spacial score (nSPS) is 18.9. The largest absolute Gasteiger partial charge is 0.593 e. The summed E-state index contributed by atoms with van der Waals surface area (Å²) in [5, 5.41) is 9.42. The SMILES string of the molecule is Cc1cc([S+]([O-])NC2CCC(=O)CC2)ccc1O. The van der Waals surface area contributed by atoms with Crippen LogP contribution in [0.1, 0.15) is 31.2 Å². The smallest absolute Gasteiger partial charge is 0.174 e. The average molecular weight is 267 g/mol. The van der Waals surface area contributed by atoms with Gasteiger partial charge in [0.2, 0.25) is 0 Å². The van der Waals surface area contributed by atoms with Gasteiger partial charge in [0.1, 0.15) is 11.5 Å². The number of Topliss-reactive ketones (excluding diaryl/α,β-unsaturated/α-hetero) is 1. The summed E-state index contributed by atoms with van der Waals surface area (Å²) in [5.41, 5.74) is 0.710. The Bertz CT molecular complexity index is 440. The number of phenolic OH excluding ortho intramolecular Hbond substituents is 1. The van der Waals surface area contributed by atoms with E-state index in [1.807, 2.05) is 0 Å². The highest BCUT2D eigenvalue weighted by Gasteiger charge is 2.24. The molecule has 1 atom stereocenters. The number of phenols is 1. The van der Waals surface area contributed by atoms with E-state index in [0.29, 0.717) is 29.1 Å². The fraction of sp³-hybridized carbons (Fsp3) is 0.462. The number of hydrogen-bond donors (Lipinski definition) is 2. The molecule has 5 heteroatoms. The van der Waals surface area contributed by atoms with E-state index in [4.69, 9.17) is 0 Å². The third-order valence-electron chi connectivity index (χ3n) is 3.20. The molecule has 1 unspecified atom stereocenters. The van der Waals surface area contributed by atoms with E-state index in [9.17, 15) is 14.5 Å². The molecule has 1 fully saturated rings. The van der Waals surface area contributed by atoms with Gasteiger partial charge in [-0.15, -0.1) is 4.72 Å². The summed E-state index contributed by atoms with van der Waals surface area (Å²) in [5.74, 6) is 0.498. The highest BCUT2D eigenvalue weighted by molar-refractivity contribution is 7.89. The van der Waals surface area contributed by atoms with Crippen molar-refractivity contribution in [3.05, 3.63) is 23.8 Å². The van der Waals surface area contributed by atoms with Crippen molar-refractivity contribution in [2.75, 3.05) is 0 Å². The van der Waals surface area contributed by atoms with Gasteiger partial charge in [0.05, 0.1) is 17.4 Å². The van der Waals surface area contributed by atoms with E-state index in [1.54, 1.807) is 25.1 Å². The molecule has 1 aliphatic rings. The topological polar surface area (TPSA) is 72.4 Å². The monoisotopic (exact) mass is 267 g/mol. The minimum Gasteiger partial charge on any atom is -0.593 e. The van der Waals surface area contributed by atoms with Gasteiger partial charge < -0.3 is 9.66 Å². The number of aryl methyl sites for hydroxylation is 1. The van der Waals surface area contributed by atoms with Crippen molar-refractivity contribution < 1.29 is 14.5 Å². The molecule has 4 nitrogen and oxygen atoms in total. The van der Waals surface area contributed by atoms with Crippen molar-refractivity contribution >= 4 is 17.1 Å². The molecule has 0 heterocycles. The fourth-order valence-electron chi connectivity index (χ4n) is 2.02. The van der Waals surface area contributed by atoms with Crippen LogP contribution in [-0.4, -0.2) is 21.5 Å². The molecule has 0 aliphatic heterocycles. The molecule has 0 amide bonds. The molecule has 2 N–H and O–H groups in total. The molecule has 98 valence electrons. The van der Waals surface area contributed by atoms with Crippen LogP contribution in [0.25, 0.3) is 0 Å². The minimum absolute atomic E-state index is 0.137. The number of aromatic hydroxyl groups is 1. The maximum atomic E-state index is 12.1.